The van der Waals surface area contributed by atoms with E-state index in [0.29, 0.717) is 24.5 Å². The molecular weight excluding hydrogens is 462 g/mol. The van der Waals surface area contributed by atoms with E-state index in [0.717, 1.165) is 38.9 Å². The lowest BCUT2D eigenvalue weighted by Crippen LogP contribution is -2.51. The van der Waals surface area contributed by atoms with Crippen molar-refractivity contribution in [2.75, 3.05) is 0 Å². The lowest BCUT2D eigenvalue weighted by atomic mass is 9.71. The summed E-state index contributed by atoms with van der Waals surface area (Å²) < 4.78 is 3.92. The number of aliphatic hydroxyl groups excluding tert-OH is 1. The second-order valence-corrected chi connectivity index (χ2v) is 9.61. The lowest BCUT2D eigenvalue weighted by Gasteiger charge is -2.42. The summed E-state index contributed by atoms with van der Waals surface area (Å²) in [6.45, 7) is 0. The molecule has 1 aliphatic carbocycles. The number of benzene rings is 2. The minimum Gasteiger partial charge on any atom is -0.393 e. The molecule has 0 unspecified atom stereocenters. The van der Waals surface area contributed by atoms with E-state index in [-0.39, 0.29) is 6.10 Å². The van der Waals surface area contributed by atoms with E-state index in [1.165, 1.54) is 0 Å². The van der Waals surface area contributed by atoms with Gasteiger partial charge in [-0.2, -0.15) is 4.40 Å². The summed E-state index contributed by atoms with van der Waals surface area (Å²) in [5.41, 5.74) is 11.8. The van der Waals surface area contributed by atoms with Crippen molar-refractivity contribution in [1.29, 1.82) is 0 Å². The molecule has 7 rings (SSSR count). The van der Waals surface area contributed by atoms with E-state index in [1.807, 2.05) is 70.0 Å². The van der Waals surface area contributed by atoms with Gasteiger partial charge in [-0.1, -0.05) is 47.1 Å². The Kier molecular flexibility index (Phi) is 4.85. The van der Waals surface area contributed by atoms with Crippen LogP contribution in [0.4, 0.5) is 0 Å². The molecule has 0 radical (unpaired) electrons. The predicted octanol–water partition coefficient (Wildman–Crippen LogP) is 3.59. The zero-order valence-corrected chi connectivity index (χ0v) is 19.9. The molecule has 0 aliphatic heterocycles. The van der Waals surface area contributed by atoms with Gasteiger partial charge < -0.3 is 10.8 Å². The van der Waals surface area contributed by atoms with Gasteiger partial charge in [0.1, 0.15) is 5.69 Å². The number of aromatic nitrogens is 6. The van der Waals surface area contributed by atoms with E-state index in [2.05, 4.69) is 28.2 Å². The third-order valence-electron chi connectivity index (χ3n) is 7.15. The van der Waals surface area contributed by atoms with Crippen LogP contribution in [0.1, 0.15) is 18.4 Å². The van der Waals surface area contributed by atoms with Crippen molar-refractivity contribution >= 4 is 16.6 Å². The normalized spacial score (nSPS) is 19.2. The van der Waals surface area contributed by atoms with Crippen molar-refractivity contribution in [3.05, 3.63) is 103 Å². The molecule has 1 aliphatic rings. The standard InChI is InChI=1S/C29H24N7O/c30-29(16-23(37)17-29)21-7-9-22(10-8-21)36-28-24-15-20(19-5-2-1-3-6-19)18-33-25(24)11-14-35(28)27(34-36)26-31-12-4-13-32-26/h1-15,18,23,37H,16-17,30H2/q+1. The van der Waals surface area contributed by atoms with Crippen LogP contribution >= 0.6 is 0 Å². The van der Waals surface area contributed by atoms with E-state index in [4.69, 9.17) is 15.8 Å². The third kappa shape index (κ3) is 3.57. The summed E-state index contributed by atoms with van der Waals surface area (Å²) in [5.74, 6) is 1.16. The van der Waals surface area contributed by atoms with Crippen LogP contribution in [-0.4, -0.2) is 35.9 Å². The number of pyridine rings is 2. The second kappa shape index (κ2) is 8.26. The molecule has 2 aromatic carbocycles. The first-order valence-electron chi connectivity index (χ1n) is 12.2. The lowest BCUT2D eigenvalue weighted by molar-refractivity contribution is -0.499. The topological polar surface area (TPSA) is 107 Å². The number of nitrogens with zero attached hydrogens (tertiary/aromatic N) is 6. The first-order valence-corrected chi connectivity index (χ1v) is 12.2. The molecular formula is C29H24N7O+. The van der Waals surface area contributed by atoms with Gasteiger partial charge in [0, 0.05) is 29.7 Å². The molecule has 1 saturated carbocycles. The highest BCUT2D eigenvalue weighted by Crippen LogP contribution is 2.39. The van der Waals surface area contributed by atoms with Crippen LogP contribution in [0.25, 0.3) is 45.0 Å². The molecule has 8 nitrogen and oxygen atoms in total. The molecule has 180 valence electrons. The van der Waals surface area contributed by atoms with Gasteiger partial charge in [0.15, 0.2) is 0 Å². The van der Waals surface area contributed by atoms with Crippen molar-refractivity contribution < 1.29 is 9.51 Å². The third-order valence-corrected chi connectivity index (χ3v) is 7.15. The predicted molar refractivity (Wildman–Crippen MR) is 140 cm³/mol. The Bertz CT molecular complexity index is 1740. The smallest absolute Gasteiger partial charge is 0.351 e. The monoisotopic (exact) mass is 486 g/mol. The number of rotatable bonds is 4. The maximum atomic E-state index is 9.80. The largest absolute Gasteiger partial charge is 0.393 e. The highest BCUT2D eigenvalue weighted by atomic mass is 16.3. The molecule has 1 fully saturated rings. The van der Waals surface area contributed by atoms with Gasteiger partial charge in [0.2, 0.25) is 5.82 Å². The Morgan fingerprint density at radius 2 is 1.65 bits per heavy atom. The van der Waals surface area contributed by atoms with Gasteiger partial charge in [-0.3, -0.25) is 4.98 Å². The first-order chi connectivity index (χ1) is 18.1. The van der Waals surface area contributed by atoms with Gasteiger partial charge >= 0.3 is 5.82 Å². The zero-order chi connectivity index (χ0) is 25.0. The SMILES string of the molecule is NC1(c2ccc(-n3nc(-c4ncccn4)[n+]4ccc5ncc(-c6ccccc6)cc5c34)cc2)CC(O)C1. The number of nitrogens with two attached hydrogens (primary N) is 1. The van der Waals surface area contributed by atoms with Crippen LogP contribution < -0.4 is 10.1 Å². The van der Waals surface area contributed by atoms with Gasteiger partial charge in [0.25, 0.3) is 5.65 Å². The molecule has 0 bridgehead atoms. The Labute approximate surface area is 212 Å². The minimum absolute atomic E-state index is 0.331. The highest BCUT2D eigenvalue weighted by molar-refractivity contribution is 5.93. The van der Waals surface area contributed by atoms with Gasteiger partial charge in [-0.05, 0) is 54.3 Å². The Hall–Kier alpha value is -4.53. The Morgan fingerprint density at radius 3 is 2.38 bits per heavy atom. The summed E-state index contributed by atoms with van der Waals surface area (Å²) in [6, 6.07) is 24.2. The molecule has 4 aromatic heterocycles. The molecule has 0 atom stereocenters. The fourth-order valence-electron chi connectivity index (χ4n) is 5.20. The molecule has 0 amide bonds. The summed E-state index contributed by atoms with van der Waals surface area (Å²) >= 11 is 0. The summed E-state index contributed by atoms with van der Waals surface area (Å²) in [7, 11) is 0. The number of hydrogen-bond acceptors (Lipinski definition) is 6. The number of fused-ring (bicyclic) bond motifs is 3. The maximum absolute atomic E-state index is 9.80. The van der Waals surface area contributed by atoms with E-state index < -0.39 is 5.54 Å². The molecule has 6 aromatic rings. The average molecular weight is 487 g/mol. The van der Waals surface area contributed by atoms with Crippen LogP contribution in [0.5, 0.6) is 0 Å². The van der Waals surface area contributed by atoms with Gasteiger partial charge in [-0.25, -0.2) is 9.97 Å². The Morgan fingerprint density at radius 1 is 0.892 bits per heavy atom. The van der Waals surface area contributed by atoms with Crippen molar-refractivity contribution in [2.24, 2.45) is 5.73 Å². The first kappa shape index (κ1) is 21.7. The summed E-state index contributed by atoms with van der Waals surface area (Å²) in [4.78, 5) is 13.7. The van der Waals surface area contributed by atoms with Crippen molar-refractivity contribution in [2.45, 2.75) is 24.5 Å². The van der Waals surface area contributed by atoms with Crippen LogP contribution in [0.2, 0.25) is 0 Å². The Balaban J connectivity index is 1.46. The van der Waals surface area contributed by atoms with Gasteiger partial charge in [-0.15, -0.1) is 0 Å². The van der Waals surface area contributed by atoms with Crippen LogP contribution in [0.15, 0.2) is 97.6 Å². The summed E-state index contributed by atoms with van der Waals surface area (Å²) in [6.07, 6.45) is 8.10. The molecule has 8 heteroatoms. The van der Waals surface area contributed by atoms with Crippen molar-refractivity contribution in [3.63, 3.8) is 0 Å². The highest BCUT2D eigenvalue weighted by Gasteiger charge is 2.41. The second-order valence-electron chi connectivity index (χ2n) is 9.61. The van der Waals surface area contributed by atoms with E-state index >= 15 is 0 Å². The molecule has 4 heterocycles. The van der Waals surface area contributed by atoms with Crippen molar-refractivity contribution in [3.8, 4) is 28.5 Å². The fraction of sp³-hybridized carbons (Fsp3) is 0.138. The quantitative estimate of drug-likeness (QED) is 0.369. The van der Waals surface area contributed by atoms with Crippen LogP contribution in [0, 0.1) is 0 Å². The molecule has 0 saturated heterocycles. The van der Waals surface area contributed by atoms with Gasteiger partial charge in [0.05, 0.1) is 28.3 Å². The molecule has 37 heavy (non-hydrogen) atoms. The summed E-state index contributed by atoms with van der Waals surface area (Å²) in [5, 5.41) is 15.7. The van der Waals surface area contributed by atoms with Crippen LogP contribution in [-0.2, 0) is 5.54 Å². The zero-order valence-electron chi connectivity index (χ0n) is 19.9. The fourth-order valence-corrected chi connectivity index (χ4v) is 5.20. The number of hydrogen-bond donors (Lipinski definition) is 2. The average Bonchev–Trinajstić information content (AvgIpc) is 3.33. The minimum atomic E-state index is -0.483. The number of aliphatic hydroxyl groups is 1. The molecule has 0 spiro atoms. The van der Waals surface area contributed by atoms with E-state index in [1.54, 1.807) is 18.5 Å². The van der Waals surface area contributed by atoms with Crippen LogP contribution in [0.3, 0.4) is 0 Å². The van der Waals surface area contributed by atoms with Crippen molar-refractivity contribution in [1.82, 2.24) is 24.7 Å². The maximum Gasteiger partial charge on any atom is 0.351 e. The van der Waals surface area contributed by atoms with E-state index in [9.17, 15) is 5.11 Å². The molecule has 3 N–H and O–H groups in total.